The molecule has 2 atom stereocenters. The topological polar surface area (TPSA) is 54.8 Å². The molecule has 1 aromatic heterocycles. The quantitative estimate of drug-likeness (QED) is 0.898. The molecule has 0 amide bonds. The van der Waals surface area contributed by atoms with Crippen molar-refractivity contribution in [3.8, 4) is 5.69 Å². The third-order valence-corrected chi connectivity index (χ3v) is 4.27. The fraction of sp³-hybridized carbons (Fsp3) is 0.500. The fourth-order valence-electron chi connectivity index (χ4n) is 2.91. The molecular formula is C16H23N5. The van der Waals surface area contributed by atoms with Crippen LogP contribution in [0.15, 0.2) is 36.7 Å². The van der Waals surface area contributed by atoms with E-state index in [4.69, 9.17) is 0 Å². The van der Waals surface area contributed by atoms with Gasteiger partial charge in [0.15, 0.2) is 5.82 Å². The Labute approximate surface area is 125 Å². The van der Waals surface area contributed by atoms with E-state index in [-0.39, 0.29) is 0 Å². The number of rotatable bonds is 4. The number of nitrogens with one attached hydrogen (secondary N) is 2. The molecule has 5 heteroatoms. The first-order valence-corrected chi connectivity index (χ1v) is 7.73. The molecule has 21 heavy (non-hydrogen) atoms. The minimum atomic E-state index is 0.543. The standard InChI is InChI=1S/C16H23N5/c1-13-7-9-17-10-8-15(13)18-11-16-20-19-12-21(16)14-5-3-2-4-6-14/h2-6,12-13,15,17-18H,7-11H2,1H3. The third-order valence-electron chi connectivity index (χ3n) is 4.27. The summed E-state index contributed by atoms with van der Waals surface area (Å²) in [5.41, 5.74) is 1.11. The van der Waals surface area contributed by atoms with Crippen LogP contribution in [0.5, 0.6) is 0 Å². The van der Waals surface area contributed by atoms with Gasteiger partial charge in [-0.05, 0) is 44.0 Å². The van der Waals surface area contributed by atoms with Gasteiger partial charge < -0.3 is 10.6 Å². The summed E-state index contributed by atoms with van der Waals surface area (Å²) >= 11 is 0. The molecule has 1 fully saturated rings. The van der Waals surface area contributed by atoms with Crippen molar-refractivity contribution in [2.75, 3.05) is 13.1 Å². The Morgan fingerprint density at radius 1 is 1.24 bits per heavy atom. The van der Waals surface area contributed by atoms with Crippen LogP contribution in [0.1, 0.15) is 25.6 Å². The van der Waals surface area contributed by atoms with Crippen LogP contribution in [-0.2, 0) is 6.54 Å². The monoisotopic (exact) mass is 285 g/mol. The molecule has 2 heterocycles. The SMILES string of the molecule is CC1CCNCCC1NCc1nncn1-c1ccccc1. The van der Waals surface area contributed by atoms with Gasteiger partial charge in [-0.3, -0.25) is 4.57 Å². The second-order valence-corrected chi connectivity index (χ2v) is 5.74. The van der Waals surface area contributed by atoms with Crippen LogP contribution in [0.4, 0.5) is 0 Å². The summed E-state index contributed by atoms with van der Waals surface area (Å²) in [6.07, 6.45) is 4.17. The highest BCUT2D eigenvalue weighted by Crippen LogP contribution is 2.15. The van der Waals surface area contributed by atoms with E-state index in [2.05, 4.69) is 39.9 Å². The molecule has 0 aliphatic carbocycles. The van der Waals surface area contributed by atoms with Crippen LogP contribution in [0.3, 0.4) is 0 Å². The molecule has 112 valence electrons. The summed E-state index contributed by atoms with van der Waals surface area (Å²) in [5.74, 6) is 1.65. The van der Waals surface area contributed by atoms with E-state index in [0.29, 0.717) is 12.0 Å². The van der Waals surface area contributed by atoms with Gasteiger partial charge in [-0.2, -0.15) is 0 Å². The third kappa shape index (κ3) is 3.49. The predicted octanol–water partition coefficient (Wildman–Crippen LogP) is 1.74. The van der Waals surface area contributed by atoms with Crippen LogP contribution >= 0.6 is 0 Å². The summed E-state index contributed by atoms with van der Waals surface area (Å²) in [6.45, 7) is 5.30. The predicted molar refractivity (Wildman–Crippen MR) is 83.3 cm³/mol. The zero-order valence-corrected chi connectivity index (χ0v) is 12.5. The van der Waals surface area contributed by atoms with Crippen molar-refractivity contribution in [3.05, 3.63) is 42.5 Å². The van der Waals surface area contributed by atoms with E-state index in [0.717, 1.165) is 31.1 Å². The van der Waals surface area contributed by atoms with Crippen molar-refractivity contribution in [3.63, 3.8) is 0 Å². The maximum atomic E-state index is 4.26. The van der Waals surface area contributed by atoms with E-state index in [1.807, 2.05) is 22.8 Å². The Balaban J connectivity index is 1.67. The largest absolute Gasteiger partial charge is 0.317 e. The van der Waals surface area contributed by atoms with Crippen LogP contribution in [0.2, 0.25) is 0 Å². The van der Waals surface area contributed by atoms with Crippen LogP contribution in [-0.4, -0.2) is 33.9 Å². The Hall–Kier alpha value is -1.72. The lowest BCUT2D eigenvalue weighted by Crippen LogP contribution is -2.35. The number of para-hydroxylation sites is 1. The highest BCUT2D eigenvalue weighted by atomic mass is 15.3. The number of nitrogens with zero attached hydrogens (tertiary/aromatic N) is 3. The van der Waals surface area contributed by atoms with Crippen LogP contribution < -0.4 is 10.6 Å². The lowest BCUT2D eigenvalue weighted by Gasteiger charge is -2.22. The lowest BCUT2D eigenvalue weighted by atomic mass is 9.97. The van der Waals surface area contributed by atoms with Crippen molar-refractivity contribution >= 4 is 0 Å². The van der Waals surface area contributed by atoms with E-state index < -0.39 is 0 Å². The van der Waals surface area contributed by atoms with E-state index >= 15 is 0 Å². The maximum Gasteiger partial charge on any atom is 0.151 e. The molecule has 1 saturated heterocycles. The molecule has 0 spiro atoms. The molecule has 0 bridgehead atoms. The van der Waals surface area contributed by atoms with Crippen LogP contribution in [0, 0.1) is 5.92 Å². The smallest absolute Gasteiger partial charge is 0.151 e. The van der Waals surface area contributed by atoms with E-state index in [1.165, 1.54) is 12.8 Å². The molecular weight excluding hydrogens is 262 g/mol. The van der Waals surface area contributed by atoms with Gasteiger partial charge in [0.2, 0.25) is 0 Å². The Morgan fingerprint density at radius 3 is 2.90 bits per heavy atom. The maximum absolute atomic E-state index is 4.26. The summed E-state index contributed by atoms with van der Waals surface area (Å²) < 4.78 is 2.05. The summed E-state index contributed by atoms with van der Waals surface area (Å²) in [5, 5.41) is 15.4. The second-order valence-electron chi connectivity index (χ2n) is 5.74. The molecule has 2 N–H and O–H groups in total. The van der Waals surface area contributed by atoms with Crippen LogP contribution in [0.25, 0.3) is 5.69 Å². The zero-order valence-electron chi connectivity index (χ0n) is 12.5. The van der Waals surface area contributed by atoms with Gasteiger partial charge in [-0.15, -0.1) is 10.2 Å². The van der Waals surface area contributed by atoms with Crippen molar-refractivity contribution in [1.29, 1.82) is 0 Å². The minimum Gasteiger partial charge on any atom is -0.317 e. The zero-order chi connectivity index (χ0) is 14.5. The van der Waals surface area contributed by atoms with Crippen molar-refractivity contribution in [2.45, 2.75) is 32.4 Å². The highest BCUT2D eigenvalue weighted by Gasteiger charge is 2.19. The van der Waals surface area contributed by atoms with Crippen molar-refractivity contribution in [2.24, 2.45) is 5.92 Å². The average Bonchev–Trinajstić information content (AvgIpc) is 2.89. The van der Waals surface area contributed by atoms with Gasteiger partial charge in [-0.25, -0.2) is 0 Å². The Morgan fingerprint density at radius 2 is 2.05 bits per heavy atom. The molecule has 3 rings (SSSR count). The molecule has 2 unspecified atom stereocenters. The van der Waals surface area contributed by atoms with Crippen molar-refractivity contribution < 1.29 is 0 Å². The molecule has 2 aromatic rings. The van der Waals surface area contributed by atoms with Gasteiger partial charge in [0.25, 0.3) is 0 Å². The summed E-state index contributed by atoms with van der Waals surface area (Å²) in [4.78, 5) is 0. The summed E-state index contributed by atoms with van der Waals surface area (Å²) in [7, 11) is 0. The number of benzene rings is 1. The summed E-state index contributed by atoms with van der Waals surface area (Å²) in [6, 6.07) is 10.8. The Bertz CT molecular complexity index is 551. The first kappa shape index (κ1) is 14.2. The molecule has 1 aliphatic rings. The van der Waals surface area contributed by atoms with Crippen molar-refractivity contribution in [1.82, 2.24) is 25.4 Å². The number of hydrogen-bond acceptors (Lipinski definition) is 4. The normalized spacial score (nSPS) is 22.9. The molecule has 1 aliphatic heterocycles. The number of aromatic nitrogens is 3. The van der Waals surface area contributed by atoms with Gasteiger partial charge >= 0.3 is 0 Å². The second kappa shape index (κ2) is 6.83. The van der Waals surface area contributed by atoms with E-state index in [1.54, 1.807) is 6.33 Å². The first-order valence-electron chi connectivity index (χ1n) is 7.73. The van der Waals surface area contributed by atoms with Gasteiger partial charge in [-0.1, -0.05) is 25.1 Å². The van der Waals surface area contributed by atoms with E-state index in [9.17, 15) is 0 Å². The van der Waals surface area contributed by atoms with Gasteiger partial charge in [0.05, 0.1) is 6.54 Å². The Kier molecular flexibility index (Phi) is 4.62. The van der Waals surface area contributed by atoms with Gasteiger partial charge in [0.1, 0.15) is 6.33 Å². The molecule has 0 saturated carbocycles. The average molecular weight is 285 g/mol. The lowest BCUT2D eigenvalue weighted by molar-refractivity contribution is 0.360. The van der Waals surface area contributed by atoms with Gasteiger partial charge in [0, 0.05) is 11.7 Å². The molecule has 1 aromatic carbocycles. The highest BCUT2D eigenvalue weighted by molar-refractivity contribution is 5.31. The molecule has 5 nitrogen and oxygen atoms in total. The molecule has 0 radical (unpaired) electrons. The fourth-order valence-corrected chi connectivity index (χ4v) is 2.91. The number of hydrogen-bond donors (Lipinski definition) is 2. The minimum absolute atomic E-state index is 0.543. The first-order chi connectivity index (χ1) is 10.3.